The summed E-state index contributed by atoms with van der Waals surface area (Å²) in [5.41, 5.74) is -1.85. The van der Waals surface area contributed by atoms with Crippen molar-refractivity contribution >= 4 is 17.6 Å². The maximum Gasteiger partial charge on any atom is 0.387 e. The van der Waals surface area contributed by atoms with Gasteiger partial charge < -0.3 is 9.47 Å². The van der Waals surface area contributed by atoms with Crippen molar-refractivity contribution in [1.29, 1.82) is 0 Å². The summed E-state index contributed by atoms with van der Waals surface area (Å²) < 4.78 is 62.7. The van der Waals surface area contributed by atoms with Crippen molar-refractivity contribution in [1.82, 2.24) is 0 Å². The monoisotopic (exact) mass is 413 g/mol. The second kappa shape index (κ2) is 8.93. The fourth-order valence-corrected chi connectivity index (χ4v) is 2.45. The van der Waals surface area contributed by atoms with E-state index < -0.39 is 47.8 Å². The van der Waals surface area contributed by atoms with E-state index >= 15 is 0 Å². The Morgan fingerprint density at radius 2 is 1.62 bits per heavy atom. The summed E-state index contributed by atoms with van der Waals surface area (Å²) in [6, 6.07) is 7.70. The Hall–Kier alpha value is -3.10. The van der Waals surface area contributed by atoms with Gasteiger partial charge in [0, 0.05) is 11.8 Å². The van der Waals surface area contributed by atoms with E-state index in [0.29, 0.717) is 0 Å². The molecular formula is C20H19F4NO4. The molecule has 29 heavy (non-hydrogen) atoms. The Balaban J connectivity index is 2.46. The lowest BCUT2D eigenvalue weighted by molar-refractivity contribution is -0.152. The third kappa shape index (κ3) is 6.20. The number of carbonyl (C=O) groups is 2. The van der Waals surface area contributed by atoms with Crippen LogP contribution >= 0.6 is 0 Å². The summed E-state index contributed by atoms with van der Waals surface area (Å²) in [5.74, 6) is -4.61. The summed E-state index contributed by atoms with van der Waals surface area (Å²) in [7, 11) is 0. The highest BCUT2D eigenvalue weighted by Crippen LogP contribution is 2.26. The first-order valence-corrected chi connectivity index (χ1v) is 8.50. The number of carbonyl (C=O) groups excluding carboxylic acids is 2. The van der Waals surface area contributed by atoms with Crippen LogP contribution in [-0.2, 0) is 9.53 Å². The number of rotatable bonds is 6. The molecule has 0 aromatic heterocycles. The predicted octanol–water partition coefficient (Wildman–Crippen LogP) is 4.55. The zero-order valence-electron chi connectivity index (χ0n) is 15.9. The van der Waals surface area contributed by atoms with E-state index in [4.69, 9.17) is 4.74 Å². The van der Waals surface area contributed by atoms with Gasteiger partial charge in [0.2, 0.25) is 0 Å². The van der Waals surface area contributed by atoms with Crippen LogP contribution in [0.5, 0.6) is 5.75 Å². The van der Waals surface area contributed by atoms with E-state index in [1.54, 1.807) is 20.8 Å². The molecule has 2 aromatic rings. The van der Waals surface area contributed by atoms with Gasteiger partial charge in [-0.2, -0.15) is 8.78 Å². The number of amides is 1. The van der Waals surface area contributed by atoms with E-state index in [1.807, 2.05) is 0 Å². The van der Waals surface area contributed by atoms with Gasteiger partial charge in [0.1, 0.15) is 35.1 Å². The maximum absolute atomic E-state index is 14.1. The summed E-state index contributed by atoms with van der Waals surface area (Å²) in [5, 5.41) is 0. The van der Waals surface area contributed by atoms with Crippen molar-refractivity contribution in [2.45, 2.75) is 33.0 Å². The van der Waals surface area contributed by atoms with Crippen LogP contribution in [0.1, 0.15) is 31.1 Å². The molecule has 0 heterocycles. The van der Waals surface area contributed by atoms with Crippen LogP contribution in [0.2, 0.25) is 0 Å². The molecule has 0 bridgehead atoms. The molecule has 2 rings (SSSR count). The molecule has 0 N–H and O–H groups in total. The Bertz CT molecular complexity index is 876. The highest BCUT2D eigenvalue weighted by Gasteiger charge is 2.28. The first-order valence-electron chi connectivity index (χ1n) is 8.50. The van der Waals surface area contributed by atoms with Crippen molar-refractivity contribution in [3.05, 3.63) is 59.7 Å². The number of ether oxygens (including phenoxy) is 2. The minimum atomic E-state index is -3.12. The third-order valence-electron chi connectivity index (χ3n) is 3.48. The van der Waals surface area contributed by atoms with Crippen molar-refractivity contribution in [3.8, 4) is 5.75 Å². The molecule has 0 fully saturated rings. The number of benzene rings is 2. The second-order valence-electron chi connectivity index (χ2n) is 6.95. The van der Waals surface area contributed by atoms with E-state index in [2.05, 4.69) is 4.74 Å². The van der Waals surface area contributed by atoms with Gasteiger partial charge in [-0.1, -0.05) is 12.1 Å². The lowest BCUT2D eigenvalue weighted by atomic mass is 10.1. The average Bonchev–Trinajstić information content (AvgIpc) is 2.57. The minimum Gasteiger partial charge on any atom is -0.459 e. The van der Waals surface area contributed by atoms with Crippen LogP contribution in [0.3, 0.4) is 0 Å². The van der Waals surface area contributed by atoms with Gasteiger partial charge in [-0.3, -0.25) is 14.5 Å². The molecular weight excluding hydrogens is 394 g/mol. The van der Waals surface area contributed by atoms with Crippen LogP contribution in [0.4, 0.5) is 23.2 Å². The number of hydrogen-bond acceptors (Lipinski definition) is 4. The summed E-state index contributed by atoms with van der Waals surface area (Å²) in [6.45, 7) is 0.978. The number of nitrogens with zero attached hydrogens (tertiary/aromatic N) is 1. The highest BCUT2D eigenvalue weighted by molar-refractivity contribution is 6.08. The molecule has 0 radical (unpaired) electrons. The van der Waals surface area contributed by atoms with Gasteiger partial charge in [-0.05, 0) is 45.0 Å². The van der Waals surface area contributed by atoms with Crippen molar-refractivity contribution in [3.63, 3.8) is 0 Å². The lowest BCUT2D eigenvalue weighted by Crippen LogP contribution is -2.39. The number of hydrogen-bond donors (Lipinski definition) is 0. The average molecular weight is 413 g/mol. The predicted molar refractivity (Wildman–Crippen MR) is 97.0 cm³/mol. The van der Waals surface area contributed by atoms with Gasteiger partial charge in [-0.25, -0.2) is 8.78 Å². The van der Waals surface area contributed by atoms with Crippen molar-refractivity contribution in [2.24, 2.45) is 0 Å². The lowest BCUT2D eigenvalue weighted by Gasteiger charge is -2.26. The SMILES string of the molecule is CC(C)(C)OC(=O)CN(C(=O)c1c(F)cccc1F)c1cccc(OC(F)F)c1. The summed E-state index contributed by atoms with van der Waals surface area (Å²) in [6.07, 6.45) is 0. The van der Waals surface area contributed by atoms with Crippen molar-refractivity contribution in [2.75, 3.05) is 11.4 Å². The molecule has 0 aliphatic rings. The van der Waals surface area contributed by atoms with Crippen LogP contribution in [0.25, 0.3) is 0 Å². The topological polar surface area (TPSA) is 55.8 Å². The molecule has 2 aromatic carbocycles. The molecule has 9 heteroatoms. The Labute approximate surface area is 164 Å². The van der Waals surface area contributed by atoms with Gasteiger partial charge in [0.25, 0.3) is 5.91 Å². The third-order valence-corrected chi connectivity index (χ3v) is 3.48. The second-order valence-corrected chi connectivity index (χ2v) is 6.95. The van der Waals surface area contributed by atoms with Crippen LogP contribution < -0.4 is 9.64 Å². The molecule has 1 amide bonds. The van der Waals surface area contributed by atoms with Crippen molar-refractivity contribution < 1.29 is 36.6 Å². The smallest absolute Gasteiger partial charge is 0.387 e. The molecule has 0 aliphatic carbocycles. The molecule has 156 valence electrons. The number of alkyl halides is 2. The Morgan fingerprint density at radius 3 is 2.17 bits per heavy atom. The first-order chi connectivity index (χ1) is 13.5. The van der Waals surface area contributed by atoms with E-state index in [9.17, 15) is 27.2 Å². The number of esters is 1. The number of halogens is 4. The Morgan fingerprint density at radius 1 is 1.03 bits per heavy atom. The van der Waals surface area contributed by atoms with E-state index in [1.165, 1.54) is 18.2 Å². The molecule has 0 atom stereocenters. The molecule has 0 saturated carbocycles. The van der Waals surface area contributed by atoms with Gasteiger partial charge in [-0.15, -0.1) is 0 Å². The van der Waals surface area contributed by atoms with Crippen LogP contribution in [0.15, 0.2) is 42.5 Å². The van der Waals surface area contributed by atoms with Gasteiger partial charge in [0.15, 0.2) is 0 Å². The van der Waals surface area contributed by atoms with Crippen LogP contribution in [-0.4, -0.2) is 30.6 Å². The Kier molecular flexibility index (Phi) is 6.84. The maximum atomic E-state index is 14.1. The quantitative estimate of drug-likeness (QED) is 0.515. The molecule has 0 aliphatic heterocycles. The zero-order valence-corrected chi connectivity index (χ0v) is 15.9. The summed E-state index contributed by atoms with van der Waals surface area (Å²) >= 11 is 0. The van der Waals surface area contributed by atoms with E-state index in [0.717, 1.165) is 29.2 Å². The van der Waals surface area contributed by atoms with Gasteiger partial charge in [0.05, 0.1) is 0 Å². The molecule has 0 spiro atoms. The van der Waals surface area contributed by atoms with E-state index in [-0.39, 0.29) is 11.4 Å². The minimum absolute atomic E-state index is 0.0818. The van der Waals surface area contributed by atoms with Gasteiger partial charge >= 0.3 is 12.6 Å². The molecule has 0 unspecified atom stereocenters. The normalized spacial score (nSPS) is 11.3. The number of anilines is 1. The molecule has 0 saturated heterocycles. The van der Waals surface area contributed by atoms with Crippen LogP contribution in [0, 0.1) is 11.6 Å². The summed E-state index contributed by atoms with van der Waals surface area (Å²) in [4.78, 5) is 25.9. The largest absolute Gasteiger partial charge is 0.459 e. The standard InChI is InChI=1S/C20H19F4NO4/c1-20(2,3)29-16(26)11-25(12-6-4-7-13(10-12)28-19(23)24)18(27)17-14(21)8-5-9-15(17)22/h4-10,19H,11H2,1-3H3. The highest BCUT2D eigenvalue weighted by atomic mass is 19.3. The zero-order chi connectivity index (χ0) is 21.8. The molecule has 5 nitrogen and oxygen atoms in total. The fraction of sp³-hybridized carbons (Fsp3) is 0.300. The first kappa shape index (κ1) is 22.2. The fourth-order valence-electron chi connectivity index (χ4n) is 2.45.